The van der Waals surface area contributed by atoms with Gasteiger partial charge in [0, 0.05) is 32.4 Å². The molecule has 2 saturated heterocycles. The Labute approximate surface area is 164 Å². The standard InChI is InChI=1S/C19H26N4O4S/c1-14-7-11-22(12-8-14)19(24)15-3-2-10-23(13-15)28(25,26)18-5-4-17(27-18)16-6-9-20-21-16/h4-6,9,14-15H,2-3,7-8,10-13H2,1H3,(H,20,21)/t15-/m0/s1. The zero-order valence-corrected chi connectivity index (χ0v) is 16.8. The summed E-state index contributed by atoms with van der Waals surface area (Å²) in [5.41, 5.74) is 0.618. The summed E-state index contributed by atoms with van der Waals surface area (Å²) in [5, 5.41) is 6.51. The van der Waals surface area contributed by atoms with Gasteiger partial charge in [0.1, 0.15) is 5.69 Å². The number of aromatic amines is 1. The summed E-state index contributed by atoms with van der Waals surface area (Å²) in [6.45, 7) is 4.37. The molecule has 9 heteroatoms. The van der Waals surface area contributed by atoms with Gasteiger partial charge in [0.15, 0.2) is 5.76 Å². The number of hydrogen-bond donors (Lipinski definition) is 1. The van der Waals surface area contributed by atoms with Crippen molar-refractivity contribution in [3.05, 3.63) is 24.4 Å². The Hall–Kier alpha value is -2.13. The third-order valence-electron chi connectivity index (χ3n) is 5.77. The predicted octanol–water partition coefficient (Wildman–Crippen LogP) is 2.33. The molecule has 2 aromatic heterocycles. The lowest BCUT2D eigenvalue weighted by molar-refractivity contribution is -0.138. The molecule has 2 fully saturated rings. The second-order valence-corrected chi connectivity index (χ2v) is 9.67. The first-order valence-electron chi connectivity index (χ1n) is 9.83. The van der Waals surface area contributed by atoms with E-state index in [1.54, 1.807) is 18.3 Å². The van der Waals surface area contributed by atoms with Crippen molar-refractivity contribution < 1.29 is 17.6 Å². The largest absolute Gasteiger partial charge is 0.442 e. The number of nitrogens with one attached hydrogen (secondary N) is 1. The van der Waals surface area contributed by atoms with E-state index in [0.29, 0.717) is 30.3 Å². The number of amides is 1. The van der Waals surface area contributed by atoms with Gasteiger partial charge in [-0.1, -0.05) is 6.92 Å². The van der Waals surface area contributed by atoms with Gasteiger partial charge < -0.3 is 9.32 Å². The van der Waals surface area contributed by atoms with E-state index in [9.17, 15) is 13.2 Å². The second kappa shape index (κ2) is 7.71. The van der Waals surface area contributed by atoms with Gasteiger partial charge in [-0.25, -0.2) is 8.42 Å². The highest BCUT2D eigenvalue weighted by molar-refractivity contribution is 7.89. The topological polar surface area (TPSA) is 99.5 Å². The summed E-state index contributed by atoms with van der Waals surface area (Å²) in [6, 6.07) is 4.79. The molecule has 1 atom stereocenters. The smallest absolute Gasteiger partial charge is 0.276 e. The van der Waals surface area contributed by atoms with E-state index in [-0.39, 0.29) is 23.5 Å². The van der Waals surface area contributed by atoms with Crippen LogP contribution in [0.15, 0.2) is 33.9 Å². The number of sulfonamides is 1. The first-order valence-corrected chi connectivity index (χ1v) is 11.3. The van der Waals surface area contributed by atoms with Gasteiger partial charge in [-0.15, -0.1) is 0 Å². The molecule has 2 aromatic rings. The van der Waals surface area contributed by atoms with E-state index in [1.165, 1.54) is 10.4 Å². The van der Waals surface area contributed by atoms with Crippen molar-refractivity contribution in [1.29, 1.82) is 0 Å². The molecule has 28 heavy (non-hydrogen) atoms. The molecule has 1 amide bonds. The highest BCUT2D eigenvalue weighted by Crippen LogP contribution is 2.29. The molecular weight excluding hydrogens is 380 g/mol. The minimum atomic E-state index is -3.78. The van der Waals surface area contributed by atoms with Crippen molar-refractivity contribution in [1.82, 2.24) is 19.4 Å². The molecular formula is C19H26N4O4S. The maximum Gasteiger partial charge on any atom is 0.276 e. The third kappa shape index (κ3) is 3.73. The SMILES string of the molecule is CC1CCN(C(=O)[C@H]2CCCN(S(=O)(=O)c3ccc(-c4ccn[nH]4)o3)C2)CC1. The molecule has 2 aliphatic rings. The van der Waals surface area contributed by atoms with Gasteiger partial charge in [0.25, 0.3) is 10.0 Å². The average molecular weight is 407 g/mol. The van der Waals surface area contributed by atoms with Gasteiger partial charge >= 0.3 is 0 Å². The number of H-pyrrole nitrogens is 1. The Balaban J connectivity index is 1.47. The molecule has 2 aliphatic heterocycles. The molecule has 0 bridgehead atoms. The van der Waals surface area contributed by atoms with Crippen molar-refractivity contribution in [2.45, 2.75) is 37.7 Å². The minimum Gasteiger partial charge on any atom is -0.442 e. The summed E-state index contributed by atoms with van der Waals surface area (Å²) in [5.74, 6) is 0.877. The molecule has 0 spiro atoms. The average Bonchev–Trinajstić information content (AvgIpc) is 3.40. The van der Waals surface area contributed by atoms with E-state index < -0.39 is 10.0 Å². The first kappa shape index (κ1) is 19.2. The number of carbonyl (C=O) groups excluding carboxylic acids is 1. The van der Waals surface area contributed by atoms with Crippen LogP contribution < -0.4 is 0 Å². The molecule has 0 aliphatic carbocycles. The van der Waals surface area contributed by atoms with Gasteiger partial charge in [-0.2, -0.15) is 9.40 Å². The molecule has 0 saturated carbocycles. The lowest BCUT2D eigenvalue weighted by Crippen LogP contribution is -2.48. The molecule has 0 aromatic carbocycles. The lowest BCUT2D eigenvalue weighted by atomic mass is 9.94. The zero-order valence-electron chi connectivity index (χ0n) is 16.0. The third-order valence-corrected chi connectivity index (χ3v) is 7.51. The van der Waals surface area contributed by atoms with E-state index in [4.69, 9.17) is 4.42 Å². The van der Waals surface area contributed by atoms with Gasteiger partial charge in [0.2, 0.25) is 11.0 Å². The Morgan fingerprint density at radius 1 is 1.18 bits per heavy atom. The van der Waals surface area contributed by atoms with E-state index >= 15 is 0 Å². The normalized spacial score (nSPS) is 22.5. The zero-order chi connectivity index (χ0) is 19.7. The van der Waals surface area contributed by atoms with Crippen molar-refractivity contribution in [2.24, 2.45) is 11.8 Å². The number of rotatable bonds is 4. The number of aromatic nitrogens is 2. The predicted molar refractivity (Wildman–Crippen MR) is 103 cm³/mol. The summed E-state index contributed by atoms with van der Waals surface area (Å²) in [4.78, 5) is 14.8. The molecule has 1 N–H and O–H groups in total. The molecule has 8 nitrogen and oxygen atoms in total. The minimum absolute atomic E-state index is 0.0874. The van der Waals surface area contributed by atoms with Crippen LogP contribution in [0.3, 0.4) is 0 Å². The van der Waals surface area contributed by atoms with Crippen molar-refractivity contribution in [3.63, 3.8) is 0 Å². The Kier molecular flexibility index (Phi) is 5.29. The highest BCUT2D eigenvalue weighted by Gasteiger charge is 2.37. The van der Waals surface area contributed by atoms with E-state index in [0.717, 1.165) is 32.4 Å². The number of likely N-dealkylation sites (tertiary alicyclic amines) is 1. The van der Waals surface area contributed by atoms with Crippen LogP contribution in [-0.4, -0.2) is 59.9 Å². The van der Waals surface area contributed by atoms with Crippen LogP contribution in [0.2, 0.25) is 0 Å². The number of carbonyl (C=O) groups is 1. The quantitative estimate of drug-likeness (QED) is 0.840. The summed E-state index contributed by atoms with van der Waals surface area (Å²) in [6.07, 6.45) is 5.02. The highest BCUT2D eigenvalue weighted by atomic mass is 32.2. The maximum atomic E-state index is 13.0. The van der Waals surface area contributed by atoms with Crippen molar-refractivity contribution in [3.8, 4) is 11.5 Å². The van der Waals surface area contributed by atoms with Gasteiger partial charge in [0.05, 0.1) is 5.92 Å². The lowest BCUT2D eigenvalue weighted by Gasteiger charge is -2.36. The molecule has 4 heterocycles. The molecule has 0 unspecified atom stereocenters. The fourth-order valence-electron chi connectivity index (χ4n) is 3.97. The monoisotopic (exact) mass is 406 g/mol. The number of piperidine rings is 2. The number of nitrogens with zero attached hydrogens (tertiary/aromatic N) is 3. The number of hydrogen-bond acceptors (Lipinski definition) is 5. The summed E-state index contributed by atoms with van der Waals surface area (Å²) < 4.78 is 33.0. The van der Waals surface area contributed by atoms with E-state index in [1.807, 2.05) is 4.90 Å². The fourth-order valence-corrected chi connectivity index (χ4v) is 5.41. The van der Waals surface area contributed by atoms with E-state index in [2.05, 4.69) is 17.1 Å². The van der Waals surface area contributed by atoms with Crippen molar-refractivity contribution in [2.75, 3.05) is 26.2 Å². The Morgan fingerprint density at radius 2 is 1.96 bits per heavy atom. The molecule has 0 radical (unpaired) electrons. The maximum absolute atomic E-state index is 13.0. The van der Waals surface area contributed by atoms with Gasteiger partial charge in [-0.05, 0) is 49.8 Å². The van der Waals surface area contributed by atoms with Crippen LogP contribution in [-0.2, 0) is 14.8 Å². The second-order valence-electron chi connectivity index (χ2n) is 7.80. The van der Waals surface area contributed by atoms with Crippen LogP contribution in [0.4, 0.5) is 0 Å². The number of furan rings is 1. The fraction of sp³-hybridized carbons (Fsp3) is 0.579. The van der Waals surface area contributed by atoms with Crippen LogP contribution in [0.25, 0.3) is 11.5 Å². The van der Waals surface area contributed by atoms with Crippen LogP contribution in [0, 0.1) is 11.8 Å². The summed E-state index contributed by atoms with van der Waals surface area (Å²) >= 11 is 0. The van der Waals surface area contributed by atoms with Crippen LogP contribution in [0.5, 0.6) is 0 Å². The summed E-state index contributed by atoms with van der Waals surface area (Å²) in [7, 11) is -3.78. The molecule has 4 rings (SSSR count). The van der Waals surface area contributed by atoms with Gasteiger partial charge in [-0.3, -0.25) is 9.89 Å². The van der Waals surface area contributed by atoms with Crippen LogP contribution >= 0.6 is 0 Å². The Morgan fingerprint density at radius 3 is 2.68 bits per heavy atom. The Bertz CT molecular complexity index is 914. The van der Waals surface area contributed by atoms with Crippen LogP contribution in [0.1, 0.15) is 32.6 Å². The molecule has 152 valence electrons. The first-order chi connectivity index (χ1) is 13.4. The van der Waals surface area contributed by atoms with Crippen molar-refractivity contribution >= 4 is 15.9 Å².